The van der Waals surface area contributed by atoms with Crippen LogP contribution in [0.15, 0.2) is 47.3 Å². The molecule has 0 saturated heterocycles. The molecule has 1 aromatic heterocycles. The van der Waals surface area contributed by atoms with Crippen molar-refractivity contribution in [3.8, 4) is 0 Å². The lowest BCUT2D eigenvalue weighted by Gasteiger charge is -2.22. The van der Waals surface area contributed by atoms with Gasteiger partial charge < -0.3 is 9.88 Å². The number of aromatic nitrogens is 2. The van der Waals surface area contributed by atoms with E-state index in [4.69, 9.17) is 11.6 Å². The molecule has 0 unspecified atom stereocenters. The molecule has 1 amide bonds. The molecule has 0 atom stereocenters. The third-order valence-electron chi connectivity index (χ3n) is 5.86. The summed E-state index contributed by atoms with van der Waals surface area (Å²) in [6.45, 7) is -0.00531. The molecule has 162 valence electrons. The highest BCUT2D eigenvalue weighted by Gasteiger charge is 2.18. The maximum atomic E-state index is 14.4. The highest BCUT2D eigenvalue weighted by atomic mass is 35.5. The Bertz CT molecular complexity index is 1140. The van der Waals surface area contributed by atoms with Crippen molar-refractivity contribution in [2.75, 3.05) is 0 Å². The van der Waals surface area contributed by atoms with Crippen LogP contribution in [-0.2, 0) is 17.8 Å². The summed E-state index contributed by atoms with van der Waals surface area (Å²) in [5.74, 6) is -0.529. The molecule has 0 bridgehead atoms. The molecule has 4 rings (SSSR count). The Hall–Kier alpha value is -2.73. The third-order valence-corrected chi connectivity index (χ3v) is 6.21. The van der Waals surface area contributed by atoms with Crippen LogP contribution in [0.1, 0.15) is 49.8 Å². The van der Waals surface area contributed by atoms with Gasteiger partial charge in [-0.25, -0.2) is 9.37 Å². The molecule has 0 radical (unpaired) electrons. The normalized spacial score (nSPS) is 14.6. The topological polar surface area (TPSA) is 64.0 Å². The van der Waals surface area contributed by atoms with Crippen LogP contribution in [0.2, 0.25) is 5.02 Å². The lowest BCUT2D eigenvalue weighted by molar-refractivity contribution is -0.122. The van der Waals surface area contributed by atoms with Crippen molar-refractivity contribution in [2.45, 2.75) is 57.5 Å². The molecule has 3 aromatic rings. The number of halogens is 2. The van der Waals surface area contributed by atoms with E-state index >= 15 is 0 Å². The molecule has 1 aliphatic rings. The minimum absolute atomic E-state index is 0.00531. The summed E-state index contributed by atoms with van der Waals surface area (Å²) in [7, 11) is 0. The molecular formula is C24H25ClFN3O2. The van der Waals surface area contributed by atoms with E-state index in [1.165, 1.54) is 23.1 Å². The molecule has 0 spiro atoms. The number of benzene rings is 2. The van der Waals surface area contributed by atoms with Crippen LogP contribution in [-0.4, -0.2) is 21.5 Å². The molecule has 0 aliphatic heterocycles. The quantitative estimate of drug-likeness (QED) is 0.607. The number of rotatable bonds is 6. The Kier molecular flexibility index (Phi) is 6.66. The van der Waals surface area contributed by atoms with Crippen molar-refractivity contribution in [1.82, 2.24) is 14.9 Å². The summed E-state index contributed by atoms with van der Waals surface area (Å²) in [6.07, 6.45) is 5.94. The molecular weight excluding hydrogens is 417 g/mol. The van der Waals surface area contributed by atoms with E-state index in [-0.39, 0.29) is 47.5 Å². The summed E-state index contributed by atoms with van der Waals surface area (Å²) in [5.41, 5.74) is 1.44. The molecule has 5 nitrogen and oxygen atoms in total. The number of amides is 1. The second-order valence-electron chi connectivity index (χ2n) is 8.04. The number of aryl methyl sites for hydroxylation is 1. The molecule has 1 heterocycles. The van der Waals surface area contributed by atoms with Gasteiger partial charge in [0, 0.05) is 29.5 Å². The van der Waals surface area contributed by atoms with Crippen molar-refractivity contribution < 1.29 is 9.18 Å². The molecule has 2 aromatic carbocycles. The minimum atomic E-state index is -0.464. The van der Waals surface area contributed by atoms with Crippen LogP contribution >= 0.6 is 11.6 Å². The number of fused-ring (bicyclic) bond motifs is 1. The largest absolute Gasteiger partial charge is 0.353 e. The van der Waals surface area contributed by atoms with Gasteiger partial charge >= 0.3 is 0 Å². The average molecular weight is 442 g/mol. The summed E-state index contributed by atoms with van der Waals surface area (Å²) in [6, 6.07) is 11.9. The molecule has 7 heteroatoms. The van der Waals surface area contributed by atoms with Gasteiger partial charge in [0.05, 0.1) is 17.6 Å². The highest BCUT2D eigenvalue weighted by molar-refractivity contribution is 6.31. The fourth-order valence-corrected chi connectivity index (χ4v) is 4.41. The lowest BCUT2D eigenvalue weighted by Crippen LogP contribution is -2.36. The van der Waals surface area contributed by atoms with E-state index in [2.05, 4.69) is 10.3 Å². The second-order valence-corrected chi connectivity index (χ2v) is 8.45. The summed E-state index contributed by atoms with van der Waals surface area (Å²) in [4.78, 5) is 30.1. The minimum Gasteiger partial charge on any atom is -0.353 e. The van der Waals surface area contributed by atoms with Gasteiger partial charge in [0.15, 0.2) is 0 Å². The first-order valence-corrected chi connectivity index (χ1v) is 11.1. The number of carbonyl (C=O) groups is 1. The average Bonchev–Trinajstić information content (AvgIpc) is 2.77. The van der Waals surface area contributed by atoms with Crippen molar-refractivity contribution in [3.63, 3.8) is 0 Å². The zero-order chi connectivity index (χ0) is 21.8. The number of carbonyl (C=O) groups excluding carboxylic acids is 1. The van der Waals surface area contributed by atoms with E-state index in [1.54, 1.807) is 24.3 Å². The van der Waals surface area contributed by atoms with Gasteiger partial charge in [-0.2, -0.15) is 0 Å². The van der Waals surface area contributed by atoms with Crippen molar-refractivity contribution in [3.05, 3.63) is 74.9 Å². The van der Waals surface area contributed by atoms with E-state index in [0.717, 1.165) is 25.7 Å². The Balaban J connectivity index is 1.60. The van der Waals surface area contributed by atoms with E-state index in [9.17, 15) is 14.0 Å². The fourth-order valence-electron chi connectivity index (χ4n) is 4.19. The second kappa shape index (κ2) is 9.60. The first-order valence-electron chi connectivity index (χ1n) is 10.7. The van der Waals surface area contributed by atoms with Gasteiger partial charge in [-0.3, -0.25) is 9.59 Å². The van der Waals surface area contributed by atoms with Crippen LogP contribution in [0, 0.1) is 5.82 Å². The highest BCUT2D eigenvalue weighted by Crippen LogP contribution is 2.22. The molecule has 1 N–H and O–H groups in total. The van der Waals surface area contributed by atoms with Crippen LogP contribution in [0.25, 0.3) is 11.0 Å². The lowest BCUT2D eigenvalue weighted by atomic mass is 9.95. The van der Waals surface area contributed by atoms with E-state index in [0.29, 0.717) is 16.7 Å². The van der Waals surface area contributed by atoms with Gasteiger partial charge in [-0.15, -0.1) is 0 Å². The first kappa shape index (κ1) is 21.5. The fraction of sp³-hybridized carbons (Fsp3) is 0.375. The van der Waals surface area contributed by atoms with Crippen molar-refractivity contribution in [2.24, 2.45) is 0 Å². The van der Waals surface area contributed by atoms with Gasteiger partial charge in [0.1, 0.15) is 11.5 Å². The maximum Gasteiger partial charge on any atom is 0.273 e. The molecule has 1 saturated carbocycles. The van der Waals surface area contributed by atoms with Crippen molar-refractivity contribution in [1.29, 1.82) is 0 Å². The van der Waals surface area contributed by atoms with Gasteiger partial charge in [0.2, 0.25) is 5.91 Å². The van der Waals surface area contributed by atoms with Crippen LogP contribution in [0.5, 0.6) is 0 Å². The first-order chi connectivity index (χ1) is 15.0. The summed E-state index contributed by atoms with van der Waals surface area (Å²) < 4.78 is 15.9. The van der Waals surface area contributed by atoms with E-state index in [1.807, 2.05) is 6.07 Å². The van der Waals surface area contributed by atoms with E-state index < -0.39 is 5.82 Å². The Morgan fingerprint density at radius 3 is 2.68 bits per heavy atom. The number of hydrogen-bond donors (Lipinski definition) is 1. The molecule has 1 aliphatic carbocycles. The zero-order valence-electron chi connectivity index (χ0n) is 17.2. The van der Waals surface area contributed by atoms with Crippen LogP contribution < -0.4 is 10.9 Å². The molecule has 1 fully saturated rings. The number of para-hydroxylation sites is 2. The Morgan fingerprint density at radius 1 is 1.13 bits per heavy atom. The van der Waals surface area contributed by atoms with Crippen LogP contribution in [0.4, 0.5) is 4.39 Å². The predicted octanol–water partition coefficient (Wildman–Crippen LogP) is 4.62. The summed E-state index contributed by atoms with van der Waals surface area (Å²) in [5, 5.41) is 3.34. The smallest absolute Gasteiger partial charge is 0.273 e. The maximum absolute atomic E-state index is 14.4. The monoisotopic (exact) mass is 441 g/mol. The Labute approximate surface area is 185 Å². The van der Waals surface area contributed by atoms with Crippen LogP contribution in [0.3, 0.4) is 0 Å². The zero-order valence-corrected chi connectivity index (χ0v) is 18.0. The number of nitrogens with zero attached hydrogens (tertiary/aromatic N) is 2. The molecule has 31 heavy (non-hydrogen) atoms. The summed E-state index contributed by atoms with van der Waals surface area (Å²) >= 11 is 6.19. The predicted molar refractivity (Wildman–Crippen MR) is 120 cm³/mol. The SMILES string of the molecule is O=C(CCc1nc2ccccc2n(Cc2c(F)cccc2Cl)c1=O)NC1CCCCC1. The standard InChI is InChI=1S/C24H25ClFN3O2/c25-18-9-6-10-19(26)17(18)15-29-22-12-5-4-11-20(22)28-21(24(29)31)13-14-23(30)27-16-7-2-1-3-8-16/h4-6,9-12,16H,1-3,7-8,13-15H2,(H,27,30). The number of nitrogens with one attached hydrogen (secondary N) is 1. The Morgan fingerprint density at radius 2 is 1.90 bits per heavy atom. The van der Waals surface area contributed by atoms with Gasteiger partial charge in [-0.05, 0) is 37.1 Å². The third kappa shape index (κ3) is 4.96. The van der Waals surface area contributed by atoms with Gasteiger partial charge in [-0.1, -0.05) is 49.1 Å². The van der Waals surface area contributed by atoms with Gasteiger partial charge in [0.25, 0.3) is 5.56 Å². The number of hydrogen-bond acceptors (Lipinski definition) is 3. The van der Waals surface area contributed by atoms with Crippen molar-refractivity contribution >= 4 is 28.5 Å².